The van der Waals surface area contributed by atoms with Gasteiger partial charge in [0.25, 0.3) is 6.09 Å². The molecular formula is C8H12N2O2. The molecule has 0 aliphatic carbocycles. The first-order valence-corrected chi connectivity index (χ1v) is 4.25. The largest absolute Gasteiger partial charge is 0.498 e. The molecule has 2 aliphatic rings. The van der Waals surface area contributed by atoms with E-state index in [1.165, 1.54) is 0 Å². The van der Waals surface area contributed by atoms with Gasteiger partial charge in [0.1, 0.15) is 12.4 Å². The molecule has 2 rings (SSSR count). The SMILES string of the molecule is O=C([O-])[N+]12CCCC=C1CNC2. The van der Waals surface area contributed by atoms with Gasteiger partial charge < -0.3 is 9.90 Å². The van der Waals surface area contributed by atoms with Gasteiger partial charge >= 0.3 is 0 Å². The number of amides is 1. The number of nitrogens with one attached hydrogen (secondary N) is 1. The van der Waals surface area contributed by atoms with Crippen molar-refractivity contribution in [3.8, 4) is 0 Å². The zero-order valence-corrected chi connectivity index (χ0v) is 6.88. The Kier molecular flexibility index (Phi) is 1.66. The molecule has 4 heteroatoms. The lowest BCUT2D eigenvalue weighted by atomic mass is 10.1. The maximum absolute atomic E-state index is 10.9. The normalized spacial score (nSPS) is 34.2. The van der Waals surface area contributed by atoms with Crippen LogP contribution in [0.15, 0.2) is 11.8 Å². The third-order valence-electron chi connectivity index (χ3n) is 2.71. The number of carbonyl (C=O) groups is 1. The van der Waals surface area contributed by atoms with Gasteiger partial charge in [-0.25, -0.2) is 4.48 Å². The molecule has 1 N–H and O–H groups in total. The highest BCUT2D eigenvalue weighted by atomic mass is 16.4. The second kappa shape index (κ2) is 2.57. The van der Waals surface area contributed by atoms with E-state index in [1.807, 2.05) is 6.08 Å². The average Bonchev–Trinajstić information content (AvgIpc) is 2.48. The molecule has 0 bridgehead atoms. The van der Waals surface area contributed by atoms with Crippen molar-refractivity contribution in [3.05, 3.63) is 11.8 Å². The summed E-state index contributed by atoms with van der Waals surface area (Å²) in [5.74, 6) is 0. The molecule has 1 saturated heterocycles. The molecule has 0 spiro atoms. The van der Waals surface area contributed by atoms with E-state index in [9.17, 15) is 9.90 Å². The standard InChI is InChI=1S/C8H12N2O2/c11-8(12)10-4-2-1-3-7(10)5-9-6-10/h3,9H,1-2,4-6H2. The van der Waals surface area contributed by atoms with Gasteiger partial charge in [-0.15, -0.1) is 0 Å². The summed E-state index contributed by atoms with van der Waals surface area (Å²) in [5.41, 5.74) is 0.973. The smallest absolute Gasteiger partial charge is 0.263 e. The van der Waals surface area contributed by atoms with Crippen LogP contribution in [-0.4, -0.2) is 30.3 Å². The van der Waals surface area contributed by atoms with Gasteiger partial charge in [-0.05, 0) is 12.5 Å². The molecule has 0 radical (unpaired) electrons. The monoisotopic (exact) mass is 168 g/mol. The topological polar surface area (TPSA) is 52.2 Å². The molecule has 0 aromatic rings. The van der Waals surface area contributed by atoms with Gasteiger partial charge in [-0.1, -0.05) is 0 Å². The van der Waals surface area contributed by atoms with E-state index in [4.69, 9.17) is 0 Å². The van der Waals surface area contributed by atoms with Crippen molar-refractivity contribution in [3.63, 3.8) is 0 Å². The lowest BCUT2D eigenvalue weighted by Crippen LogP contribution is -2.58. The van der Waals surface area contributed by atoms with Crippen LogP contribution in [0.3, 0.4) is 0 Å². The quantitative estimate of drug-likeness (QED) is 0.491. The van der Waals surface area contributed by atoms with Crippen molar-refractivity contribution in [2.45, 2.75) is 12.8 Å². The fourth-order valence-corrected chi connectivity index (χ4v) is 2.00. The second-order valence-corrected chi connectivity index (χ2v) is 3.38. The molecule has 1 unspecified atom stereocenters. The lowest BCUT2D eigenvalue weighted by molar-refractivity contribution is -0.834. The summed E-state index contributed by atoms with van der Waals surface area (Å²) >= 11 is 0. The fourth-order valence-electron chi connectivity index (χ4n) is 2.00. The number of allylic oxidation sites excluding steroid dienone is 1. The van der Waals surface area contributed by atoms with Crippen LogP contribution in [0.1, 0.15) is 12.8 Å². The lowest BCUT2D eigenvalue weighted by Gasteiger charge is -2.35. The zero-order valence-electron chi connectivity index (χ0n) is 6.88. The number of hydrogen-bond acceptors (Lipinski definition) is 3. The van der Waals surface area contributed by atoms with Gasteiger partial charge in [-0.3, -0.25) is 5.32 Å². The molecular weight excluding hydrogens is 156 g/mol. The summed E-state index contributed by atoms with van der Waals surface area (Å²) in [6.45, 7) is 1.88. The second-order valence-electron chi connectivity index (χ2n) is 3.38. The number of hydrogen-bond donors (Lipinski definition) is 1. The average molecular weight is 168 g/mol. The van der Waals surface area contributed by atoms with E-state index < -0.39 is 6.09 Å². The molecule has 0 saturated carbocycles. The molecule has 2 heterocycles. The number of quaternary nitrogens is 1. The third-order valence-corrected chi connectivity index (χ3v) is 2.71. The minimum absolute atomic E-state index is 0.0278. The number of nitrogens with zero attached hydrogens (tertiary/aromatic N) is 1. The minimum Gasteiger partial charge on any atom is -0.498 e. The highest BCUT2D eigenvalue weighted by Crippen LogP contribution is 2.26. The van der Waals surface area contributed by atoms with Gasteiger partial charge in [0, 0.05) is 6.42 Å². The summed E-state index contributed by atoms with van der Waals surface area (Å²) in [4.78, 5) is 10.9. The van der Waals surface area contributed by atoms with Crippen LogP contribution in [0, 0.1) is 0 Å². The predicted octanol–water partition coefficient (Wildman–Crippen LogP) is -0.615. The first-order valence-electron chi connectivity index (χ1n) is 4.25. The Morgan fingerprint density at radius 3 is 3.17 bits per heavy atom. The molecule has 66 valence electrons. The van der Waals surface area contributed by atoms with Crippen LogP contribution >= 0.6 is 0 Å². The Labute approximate surface area is 71.1 Å². The summed E-state index contributed by atoms with van der Waals surface area (Å²) < 4.78 is 0.0278. The Morgan fingerprint density at radius 2 is 2.50 bits per heavy atom. The Balaban J connectivity index is 2.37. The molecule has 0 aromatic heterocycles. The van der Waals surface area contributed by atoms with Crippen molar-refractivity contribution in [1.29, 1.82) is 0 Å². The third kappa shape index (κ3) is 0.884. The molecule has 1 fully saturated rings. The van der Waals surface area contributed by atoms with Crippen LogP contribution in [0.4, 0.5) is 4.79 Å². The first-order chi connectivity index (χ1) is 5.76. The number of rotatable bonds is 0. The van der Waals surface area contributed by atoms with E-state index in [-0.39, 0.29) is 4.48 Å². The van der Waals surface area contributed by atoms with Gasteiger partial charge in [0.05, 0.1) is 13.1 Å². The van der Waals surface area contributed by atoms with Crippen molar-refractivity contribution < 1.29 is 14.4 Å². The highest BCUT2D eigenvalue weighted by molar-refractivity contribution is 5.56. The maximum atomic E-state index is 10.9. The van der Waals surface area contributed by atoms with E-state index >= 15 is 0 Å². The summed E-state index contributed by atoms with van der Waals surface area (Å²) in [6.07, 6.45) is 3.01. The minimum atomic E-state index is -0.967. The Bertz CT molecular complexity index is 249. The van der Waals surface area contributed by atoms with Gasteiger partial charge in [0.15, 0.2) is 0 Å². The fraction of sp³-hybridized carbons (Fsp3) is 0.625. The Morgan fingerprint density at radius 1 is 1.67 bits per heavy atom. The maximum Gasteiger partial charge on any atom is 0.263 e. The number of carboxylic acid groups (broad SMARTS) is 1. The van der Waals surface area contributed by atoms with Crippen LogP contribution < -0.4 is 10.4 Å². The van der Waals surface area contributed by atoms with Crippen molar-refractivity contribution in [2.24, 2.45) is 0 Å². The number of carbonyl (C=O) groups excluding carboxylic acids is 1. The first kappa shape index (κ1) is 7.76. The summed E-state index contributed by atoms with van der Waals surface area (Å²) in [5, 5.41) is 14.0. The van der Waals surface area contributed by atoms with Crippen LogP contribution in [0.2, 0.25) is 0 Å². The summed E-state index contributed by atoms with van der Waals surface area (Å²) in [7, 11) is 0. The van der Waals surface area contributed by atoms with E-state index in [0.29, 0.717) is 19.8 Å². The molecule has 0 aromatic carbocycles. The van der Waals surface area contributed by atoms with Crippen molar-refractivity contribution in [1.82, 2.24) is 5.32 Å². The number of fused-ring (bicyclic) bond motifs is 1. The molecule has 2 aliphatic heterocycles. The van der Waals surface area contributed by atoms with Gasteiger partial charge in [0.2, 0.25) is 0 Å². The van der Waals surface area contributed by atoms with E-state index in [0.717, 1.165) is 18.5 Å². The highest BCUT2D eigenvalue weighted by Gasteiger charge is 2.40. The van der Waals surface area contributed by atoms with Crippen LogP contribution in [0.25, 0.3) is 0 Å². The Hall–Kier alpha value is -0.870. The van der Waals surface area contributed by atoms with Crippen molar-refractivity contribution in [2.75, 3.05) is 19.8 Å². The predicted molar refractivity (Wildman–Crippen MR) is 40.7 cm³/mol. The molecule has 1 atom stereocenters. The van der Waals surface area contributed by atoms with Crippen LogP contribution in [0.5, 0.6) is 0 Å². The summed E-state index contributed by atoms with van der Waals surface area (Å²) in [6, 6.07) is 0. The molecule has 12 heavy (non-hydrogen) atoms. The molecule has 4 nitrogen and oxygen atoms in total. The zero-order chi connectivity index (χ0) is 8.60. The van der Waals surface area contributed by atoms with Crippen molar-refractivity contribution >= 4 is 6.09 Å². The van der Waals surface area contributed by atoms with Gasteiger partial charge in [-0.2, -0.15) is 0 Å². The van der Waals surface area contributed by atoms with E-state index in [1.54, 1.807) is 0 Å². The van der Waals surface area contributed by atoms with Crippen LogP contribution in [-0.2, 0) is 0 Å². The van der Waals surface area contributed by atoms with E-state index in [2.05, 4.69) is 5.32 Å². The molecule has 1 amide bonds.